The summed E-state index contributed by atoms with van der Waals surface area (Å²) in [6.45, 7) is 4.97. The molecule has 4 rings (SSSR count). The third kappa shape index (κ3) is 2.10. The molecule has 2 aromatic rings. The highest BCUT2D eigenvalue weighted by Crippen LogP contribution is 2.54. The Hall–Kier alpha value is -2.46. The lowest BCUT2D eigenvalue weighted by atomic mass is 9.76. The highest BCUT2D eigenvalue weighted by molar-refractivity contribution is 5.72. The summed E-state index contributed by atoms with van der Waals surface area (Å²) in [6, 6.07) is 14.2. The average molecular weight is 337 g/mol. The van der Waals surface area contributed by atoms with Gasteiger partial charge in [-0.05, 0) is 55.8 Å². The smallest absolute Gasteiger partial charge is 0.212 e. The molecule has 2 aromatic carbocycles. The maximum atomic E-state index is 9.66. The number of aliphatic hydroxyl groups is 1. The molecule has 0 fully saturated rings. The van der Waals surface area contributed by atoms with Crippen molar-refractivity contribution in [3.8, 4) is 11.5 Å². The van der Waals surface area contributed by atoms with Crippen LogP contribution in [0.15, 0.2) is 48.5 Å². The van der Waals surface area contributed by atoms with E-state index in [4.69, 9.17) is 9.47 Å². The first-order valence-electron chi connectivity index (χ1n) is 8.58. The minimum Gasteiger partial charge on any atom is -0.497 e. The fraction of sp³-hybridized carbons (Fsp3) is 0.333. The van der Waals surface area contributed by atoms with Crippen LogP contribution < -0.4 is 14.4 Å². The molecule has 2 aliphatic heterocycles. The standard InChI is InChI=1S/C21H23NO3/c1-20(2)17-6-4-5-7-18(17)22(12-13-23)21(20)11-10-15-14-16(24-3)8-9-19(15)25-21/h4-11,14,23H,12-13H2,1-3H3/t21-/m1/s1. The summed E-state index contributed by atoms with van der Waals surface area (Å²) in [7, 11) is 1.66. The Morgan fingerprint density at radius 2 is 1.96 bits per heavy atom. The Kier molecular flexibility index (Phi) is 3.55. The number of β-amino-alcohol motifs (C(OH)–C–C–N with tert-alkyl or cyclic N) is 1. The largest absolute Gasteiger partial charge is 0.497 e. The average Bonchev–Trinajstić information content (AvgIpc) is 2.81. The van der Waals surface area contributed by atoms with E-state index in [1.807, 2.05) is 24.3 Å². The van der Waals surface area contributed by atoms with Gasteiger partial charge in [0.2, 0.25) is 5.72 Å². The summed E-state index contributed by atoms with van der Waals surface area (Å²) >= 11 is 0. The van der Waals surface area contributed by atoms with Crippen molar-refractivity contribution in [3.63, 3.8) is 0 Å². The number of fused-ring (bicyclic) bond motifs is 2. The van der Waals surface area contributed by atoms with Crippen molar-refractivity contribution in [3.05, 3.63) is 59.7 Å². The Morgan fingerprint density at radius 1 is 1.16 bits per heavy atom. The number of rotatable bonds is 3. The monoisotopic (exact) mass is 337 g/mol. The second-order valence-corrected chi connectivity index (χ2v) is 7.05. The zero-order valence-corrected chi connectivity index (χ0v) is 14.8. The summed E-state index contributed by atoms with van der Waals surface area (Å²) in [5, 5.41) is 9.66. The van der Waals surface area contributed by atoms with Crippen LogP contribution >= 0.6 is 0 Å². The van der Waals surface area contributed by atoms with Crippen LogP contribution in [-0.2, 0) is 5.41 Å². The number of aliphatic hydroxyl groups excluding tert-OH is 1. The SMILES string of the molecule is COc1ccc2c(c1)C=C[C@]1(O2)N(CCO)c2ccccc2C1(C)C. The molecule has 2 heterocycles. The quantitative estimate of drug-likeness (QED) is 0.929. The molecule has 130 valence electrons. The van der Waals surface area contributed by atoms with E-state index in [-0.39, 0.29) is 12.0 Å². The highest BCUT2D eigenvalue weighted by Gasteiger charge is 2.58. The Balaban J connectivity index is 1.86. The van der Waals surface area contributed by atoms with Crippen molar-refractivity contribution in [2.75, 3.05) is 25.2 Å². The first-order valence-corrected chi connectivity index (χ1v) is 8.58. The van der Waals surface area contributed by atoms with Gasteiger partial charge >= 0.3 is 0 Å². The van der Waals surface area contributed by atoms with Crippen molar-refractivity contribution in [2.45, 2.75) is 25.0 Å². The van der Waals surface area contributed by atoms with Crippen molar-refractivity contribution < 1.29 is 14.6 Å². The van der Waals surface area contributed by atoms with Gasteiger partial charge in [0.25, 0.3) is 0 Å². The number of hydrogen-bond donors (Lipinski definition) is 1. The first kappa shape index (κ1) is 16.0. The molecule has 4 nitrogen and oxygen atoms in total. The Bertz CT molecular complexity index is 843. The zero-order chi connectivity index (χ0) is 17.7. The zero-order valence-electron chi connectivity index (χ0n) is 14.8. The second-order valence-electron chi connectivity index (χ2n) is 7.05. The molecule has 0 bridgehead atoms. The van der Waals surface area contributed by atoms with Crippen molar-refractivity contribution in [2.24, 2.45) is 0 Å². The lowest BCUT2D eigenvalue weighted by molar-refractivity contribution is 0.0504. The number of methoxy groups -OCH3 is 1. The highest BCUT2D eigenvalue weighted by atomic mass is 16.5. The molecule has 0 aromatic heterocycles. The fourth-order valence-corrected chi connectivity index (χ4v) is 4.10. The molecule has 1 atom stereocenters. The van der Waals surface area contributed by atoms with E-state index in [2.05, 4.69) is 49.1 Å². The number of para-hydroxylation sites is 1. The van der Waals surface area contributed by atoms with E-state index < -0.39 is 5.72 Å². The minimum absolute atomic E-state index is 0.0683. The molecule has 0 amide bonds. The first-order chi connectivity index (χ1) is 12.0. The molecule has 1 N–H and O–H groups in total. The minimum atomic E-state index is -0.666. The van der Waals surface area contributed by atoms with Gasteiger partial charge in [0.15, 0.2) is 0 Å². The second kappa shape index (κ2) is 5.53. The molecule has 0 radical (unpaired) electrons. The van der Waals surface area contributed by atoms with Crippen LogP contribution in [0.2, 0.25) is 0 Å². The van der Waals surface area contributed by atoms with Gasteiger partial charge in [-0.2, -0.15) is 0 Å². The van der Waals surface area contributed by atoms with E-state index in [9.17, 15) is 5.11 Å². The molecular formula is C21H23NO3. The van der Waals surface area contributed by atoms with E-state index in [0.29, 0.717) is 6.54 Å². The van der Waals surface area contributed by atoms with Crippen LogP contribution in [0.3, 0.4) is 0 Å². The van der Waals surface area contributed by atoms with Crippen molar-refractivity contribution in [1.82, 2.24) is 0 Å². The maximum absolute atomic E-state index is 9.66. The summed E-state index contributed by atoms with van der Waals surface area (Å²) in [4.78, 5) is 2.17. The van der Waals surface area contributed by atoms with E-state index >= 15 is 0 Å². The Morgan fingerprint density at radius 3 is 2.72 bits per heavy atom. The number of hydrogen-bond acceptors (Lipinski definition) is 4. The molecule has 1 spiro atoms. The molecule has 2 aliphatic rings. The lowest BCUT2D eigenvalue weighted by Gasteiger charge is -2.47. The number of nitrogens with zero attached hydrogens (tertiary/aromatic N) is 1. The van der Waals surface area contributed by atoms with Gasteiger partial charge in [-0.1, -0.05) is 18.2 Å². The molecule has 0 aliphatic carbocycles. The fourth-order valence-electron chi connectivity index (χ4n) is 4.10. The van der Waals surface area contributed by atoms with Gasteiger partial charge in [0.1, 0.15) is 11.5 Å². The predicted octanol–water partition coefficient (Wildman–Crippen LogP) is 3.59. The number of benzene rings is 2. The third-order valence-electron chi connectivity index (χ3n) is 5.46. The third-order valence-corrected chi connectivity index (χ3v) is 5.46. The van der Waals surface area contributed by atoms with Gasteiger partial charge in [0.05, 0.1) is 19.1 Å². The van der Waals surface area contributed by atoms with Gasteiger partial charge in [0, 0.05) is 17.8 Å². The summed E-state index contributed by atoms with van der Waals surface area (Å²) in [5.41, 5.74) is 2.40. The van der Waals surface area contributed by atoms with Crippen LogP contribution in [0, 0.1) is 0 Å². The van der Waals surface area contributed by atoms with Crippen LogP contribution in [0.25, 0.3) is 6.08 Å². The predicted molar refractivity (Wildman–Crippen MR) is 99.3 cm³/mol. The normalized spacial score (nSPS) is 22.5. The van der Waals surface area contributed by atoms with Crippen LogP contribution in [-0.4, -0.2) is 31.1 Å². The van der Waals surface area contributed by atoms with Crippen LogP contribution in [0.1, 0.15) is 25.0 Å². The molecule has 0 saturated heterocycles. The molecular weight excluding hydrogens is 314 g/mol. The van der Waals surface area contributed by atoms with E-state index in [1.54, 1.807) is 7.11 Å². The van der Waals surface area contributed by atoms with Crippen LogP contribution in [0.5, 0.6) is 11.5 Å². The van der Waals surface area contributed by atoms with Crippen molar-refractivity contribution in [1.29, 1.82) is 0 Å². The lowest BCUT2D eigenvalue weighted by Crippen LogP contribution is -2.60. The van der Waals surface area contributed by atoms with Gasteiger partial charge in [-0.25, -0.2) is 0 Å². The van der Waals surface area contributed by atoms with Crippen molar-refractivity contribution >= 4 is 11.8 Å². The molecule has 4 heteroatoms. The number of ether oxygens (including phenoxy) is 2. The molecule has 0 saturated carbocycles. The van der Waals surface area contributed by atoms with E-state index in [0.717, 1.165) is 22.7 Å². The number of anilines is 1. The summed E-state index contributed by atoms with van der Waals surface area (Å²) < 4.78 is 11.9. The maximum Gasteiger partial charge on any atom is 0.212 e. The molecule has 0 unspecified atom stereocenters. The van der Waals surface area contributed by atoms with E-state index in [1.165, 1.54) is 5.56 Å². The van der Waals surface area contributed by atoms with Gasteiger partial charge in [-0.15, -0.1) is 0 Å². The molecule has 25 heavy (non-hydrogen) atoms. The topological polar surface area (TPSA) is 41.9 Å². The van der Waals surface area contributed by atoms with Gasteiger partial charge < -0.3 is 19.5 Å². The van der Waals surface area contributed by atoms with Crippen LogP contribution in [0.4, 0.5) is 5.69 Å². The summed E-state index contributed by atoms with van der Waals surface area (Å²) in [6.07, 6.45) is 4.21. The van der Waals surface area contributed by atoms with Gasteiger partial charge in [-0.3, -0.25) is 0 Å². The summed E-state index contributed by atoms with van der Waals surface area (Å²) in [5.74, 6) is 1.64. The Labute approximate surface area is 148 Å².